The van der Waals surface area contributed by atoms with Gasteiger partial charge in [-0.05, 0) is 43.7 Å². The van der Waals surface area contributed by atoms with Gasteiger partial charge in [0.2, 0.25) is 0 Å². The van der Waals surface area contributed by atoms with Gasteiger partial charge in [-0.1, -0.05) is 24.3 Å². The van der Waals surface area contributed by atoms with E-state index in [1.807, 2.05) is 50.2 Å². The Labute approximate surface area is 124 Å². The number of nitrogens with zero attached hydrogens (tertiary/aromatic N) is 1. The number of benzene rings is 2. The first-order valence-electron chi connectivity index (χ1n) is 6.97. The number of pyridine rings is 1. The zero-order chi connectivity index (χ0) is 14.8. The molecular weight excluding hydrogens is 260 g/mol. The van der Waals surface area contributed by atoms with Crippen LogP contribution in [0.5, 0.6) is 5.75 Å². The van der Waals surface area contributed by atoms with Crippen LogP contribution < -0.4 is 10.5 Å². The third-order valence-corrected chi connectivity index (χ3v) is 3.48. The fourth-order valence-corrected chi connectivity index (χ4v) is 2.44. The third-order valence-electron chi connectivity index (χ3n) is 3.48. The first kappa shape index (κ1) is 13.4. The molecule has 0 aliphatic rings. The highest BCUT2D eigenvalue weighted by atomic mass is 16.5. The smallest absolute Gasteiger partial charge is 0.142 e. The zero-order valence-electron chi connectivity index (χ0n) is 12.3. The summed E-state index contributed by atoms with van der Waals surface area (Å²) in [6.45, 7) is 4.51. The SMILES string of the molecule is Cc1ccc(N)c(OCc2cc(C)nc3ccccc23)c1. The van der Waals surface area contributed by atoms with Gasteiger partial charge < -0.3 is 10.5 Å². The summed E-state index contributed by atoms with van der Waals surface area (Å²) in [7, 11) is 0. The van der Waals surface area contributed by atoms with Crippen LogP contribution in [-0.2, 0) is 6.61 Å². The van der Waals surface area contributed by atoms with E-state index in [1.165, 1.54) is 0 Å². The Morgan fingerprint density at radius 1 is 1.05 bits per heavy atom. The Bertz CT molecular complexity index is 796. The van der Waals surface area contributed by atoms with Crippen molar-refractivity contribution < 1.29 is 4.74 Å². The predicted molar refractivity (Wildman–Crippen MR) is 86.4 cm³/mol. The zero-order valence-corrected chi connectivity index (χ0v) is 12.3. The molecule has 106 valence electrons. The van der Waals surface area contributed by atoms with Crippen LogP contribution in [0.4, 0.5) is 5.69 Å². The van der Waals surface area contributed by atoms with Crippen molar-refractivity contribution in [3.05, 3.63) is 65.4 Å². The highest BCUT2D eigenvalue weighted by molar-refractivity contribution is 5.82. The molecule has 0 fully saturated rings. The van der Waals surface area contributed by atoms with Crippen molar-refractivity contribution in [2.45, 2.75) is 20.5 Å². The summed E-state index contributed by atoms with van der Waals surface area (Å²) >= 11 is 0. The molecule has 0 aliphatic carbocycles. The third kappa shape index (κ3) is 2.82. The minimum absolute atomic E-state index is 0.484. The van der Waals surface area contributed by atoms with Gasteiger partial charge in [0, 0.05) is 16.6 Å². The molecule has 0 radical (unpaired) electrons. The van der Waals surface area contributed by atoms with E-state index < -0.39 is 0 Å². The number of rotatable bonds is 3. The summed E-state index contributed by atoms with van der Waals surface area (Å²) in [6.07, 6.45) is 0. The van der Waals surface area contributed by atoms with Crippen molar-refractivity contribution in [3.63, 3.8) is 0 Å². The number of aryl methyl sites for hydroxylation is 2. The largest absolute Gasteiger partial charge is 0.487 e. The second-order valence-electron chi connectivity index (χ2n) is 5.27. The molecule has 1 aromatic heterocycles. The molecule has 2 N–H and O–H groups in total. The Morgan fingerprint density at radius 3 is 2.71 bits per heavy atom. The maximum absolute atomic E-state index is 5.96. The molecule has 3 rings (SSSR count). The molecule has 0 unspecified atom stereocenters. The summed E-state index contributed by atoms with van der Waals surface area (Å²) in [5.41, 5.74) is 10.9. The molecule has 0 bridgehead atoms. The topological polar surface area (TPSA) is 48.1 Å². The van der Waals surface area contributed by atoms with Gasteiger partial charge in [0.15, 0.2) is 0 Å². The molecule has 3 nitrogen and oxygen atoms in total. The lowest BCUT2D eigenvalue weighted by Gasteiger charge is -2.12. The van der Waals surface area contributed by atoms with E-state index in [0.717, 1.165) is 33.5 Å². The van der Waals surface area contributed by atoms with E-state index >= 15 is 0 Å². The number of hydrogen-bond donors (Lipinski definition) is 1. The van der Waals surface area contributed by atoms with Crippen LogP contribution >= 0.6 is 0 Å². The van der Waals surface area contributed by atoms with Crippen LogP contribution in [-0.4, -0.2) is 4.98 Å². The van der Waals surface area contributed by atoms with Gasteiger partial charge in [0.1, 0.15) is 12.4 Å². The summed E-state index contributed by atoms with van der Waals surface area (Å²) in [4.78, 5) is 4.54. The van der Waals surface area contributed by atoms with E-state index in [4.69, 9.17) is 10.5 Å². The molecule has 0 amide bonds. The minimum atomic E-state index is 0.484. The van der Waals surface area contributed by atoms with Crippen molar-refractivity contribution >= 4 is 16.6 Å². The number of nitrogen functional groups attached to an aromatic ring is 1. The van der Waals surface area contributed by atoms with Gasteiger partial charge in [-0.3, -0.25) is 4.98 Å². The normalized spacial score (nSPS) is 10.8. The van der Waals surface area contributed by atoms with Crippen LogP contribution in [0.1, 0.15) is 16.8 Å². The Kier molecular flexibility index (Phi) is 3.48. The average molecular weight is 278 g/mol. The summed E-state index contributed by atoms with van der Waals surface area (Å²) in [5.74, 6) is 0.730. The van der Waals surface area contributed by atoms with Crippen molar-refractivity contribution in [1.29, 1.82) is 0 Å². The molecule has 1 heterocycles. The fourth-order valence-electron chi connectivity index (χ4n) is 2.44. The number of hydrogen-bond acceptors (Lipinski definition) is 3. The number of anilines is 1. The molecule has 0 atom stereocenters. The fraction of sp³-hybridized carbons (Fsp3) is 0.167. The first-order valence-corrected chi connectivity index (χ1v) is 6.97. The predicted octanol–water partition coefficient (Wildman–Crippen LogP) is 4.01. The molecular formula is C18H18N2O. The van der Waals surface area contributed by atoms with Gasteiger partial charge in [0.25, 0.3) is 0 Å². The van der Waals surface area contributed by atoms with Gasteiger partial charge in [-0.25, -0.2) is 0 Å². The van der Waals surface area contributed by atoms with Crippen LogP contribution in [0.2, 0.25) is 0 Å². The van der Waals surface area contributed by atoms with Gasteiger partial charge in [0.05, 0.1) is 11.2 Å². The first-order chi connectivity index (χ1) is 10.1. The van der Waals surface area contributed by atoms with E-state index in [9.17, 15) is 0 Å². The lowest BCUT2D eigenvalue weighted by atomic mass is 10.1. The monoisotopic (exact) mass is 278 g/mol. The average Bonchev–Trinajstić information content (AvgIpc) is 2.47. The van der Waals surface area contributed by atoms with E-state index in [2.05, 4.69) is 17.1 Å². The van der Waals surface area contributed by atoms with Crippen LogP contribution in [0, 0.1) is 13.8 Å². The van der Waals surface area contributed by atoms with Crippen LogP contribution in [0.15, 0.2) is 48.5 Å². The molecule has 3 heteroatoms. The Hall–Kier alpha value is -2.55. The summed E-state index contributed by atoms with van der Waals surface area (Å²) in [5, 5.41) is 1.12. The standard InChI is InChI=1S/C18H18N2O/c1-12-7-8-16(19)18(9-12)21-11-14-10-13(2)20-17-6-4-3-5-15(14)17/h3-10H,11,19H2,1-2H3. The molecule has 2 aromatic carbocycles. The van der Waals surface area contributed by atoms with Crippen LogP contribution in [0.3, 0.4) is 0 Å². The number of nitrogens with two attached hydrogens (primary N) is 1. The number of para-hydroxylation sites is 1. The Balaban J connectivity index is 1.93. The number of aromatic nitrogens is 1. The minimum Gasteiger partial charge on any atom is -0.487 e. The molecule has 21 heavy (non-hydrogen) atoms. The van der Waals surface area contributed by atoms with Crippen LogP contribution in [0.25, 0.3) is 10.9 Å². The summed E-state index contributed by atoms with van der Waals surface area (Å²) < 4.78 is 5.91. The number of fused-ring (bicyclic) bond motifs is 1. The second-order valence-corrected chi connectivity index (χ2v) is 5.27. The Morgan fingerprint density at radius 2 is 1.86 bits per heavy atom. The van der Waals surface area contributed by atoms with Crippen molar-refractivity contribution in [2.24, 2.45) is 0 Å². The summed E-state index contributed by atoms with van der Waals surface area (Å²) in [6, 6.07) is 16.0. The molecule has 0 saturated heterocycles. The maximum atomic E-state index is 5.96. The lowest BCUT2D eigenvalue weighted by Crippen LogP contribution is -2.01. The van der Waals surface area contributed by atoms with Crippen molar-refractivity contribution in [1.82, 2.24) is 4.98 Å². The quantitative estimate of drug-likeness (QED) is 0.736. The number of ether oxygens (including phenoxy) is 1. The van der Waals surface area contributed by atoms with Crippen molar-refractivity contribution in [3.8, 4) is 5.75 Å². The molecule has 0 aliphatic heterocycles. The molecule has 0 spiro atoms. The van der Waals surface area contributed by atoms with E-state index in [-0.39, 0.29) is 0 Å². The van der Waals surface area contributed by atoms with Crippen molar-refractivity contribution in [2.75, 3.05) is 5.73 Å². The van der Waals surface area contributed by atoms with Gasteiger partial charge in [-0.2, -0.15) is 0 Å². The molecule has 0 saturated carbocycles. The molecule has 3 aromatic rings. The highest BCUT2D eigenvalue weighted by Crippen LogP contribution is 2.25. The van der Waals surface area contributed by atoms with Gasteiger partial charge >= 0.3 is 0 Å². The van der Waals surface area contributed by atoms with Gasteiger partial charge in [-0.15, -0.1) is 0 Å². The maximum Gasteiger partial charge on any atom is 0.142 e. The lowest BCUT2D eigenvalue weighted by molar-refractivity contribution is 0.309. The van der Waals surface area contributed by atoms with E-state index in [0.29, 0.717) is 12.3 Å². The highest BCUT2D eigenvalue weighted by Gasteiger charge is 2.06. The second kappa shape index (κ2) is 5.44. The van der Waals surface area contributed by atoms with E-state index in [1.54, 1.807) is 0 Å².